The molecule has 0 radical (unpaired) electrons. The summed E-state index contributed by atoms with van der Waals surface area (Å²) in [4.78, 5) is 10.5. The van der Waals surface area contributed by atoms with Crippen molar-refractivity contribution in [3.8, 4) is 5.75 Å². The number of methoxy groups -OCH3 is 1. The molecule has 6 heteroatoms. The van der Waals surface area contributed by atoms with Crippen LogP contribution < -0.4 is 15.4 Å². The average Bonchev–Trinajstić information content (AvgIpc) is 2.91. The monoisotopic (exact) mass is 360 g/mol. The van der Waals surface area contributed by atoms with Gasteiger partial charge in [-0.15, -0.1) is 11.3 Å². The fraction of sp³-hybridized carbons (Fsp3) is 0.474. The van der Waals surface area contributed by atoms with Crippen molar-refractivity contribution in [2.75, 3.05) is 20.2 Å². The molecule has 0 unspecified atom stereocenters. The predicted molar refractivity (Wildman–Crippen MR) is 106 cm³/mol. The van der Waals surface area contributed by atoms with Crippen LogP contribution in [0, 0.1) is 20.8 Å². The summed E-state index contributed by atoms with van der Waals surface area (Å²) in [6, 6.07) is 6.20. The van der Waals surface area contributed by atoms with Crippen molar-refractivity contribution in [2.45, 2.75) is 40.7 Å². The van der Waals surface area contributed by atoms with Crippen LogP contribution in [-0.4, -0.2) is 31.1 Å². The minimum atomic E-state index is 0.613. The summed E-state index contributed by atoms with van der Waals surface area (Å²) in [5.41, 5.74) is 3.40. The van der Waals surface area contributed by atoms with E-state index in [0.29, 0.717) is 6.54 Å². The summed E-state index contributed by atoms with van der Waals surface area (Å²) in [5.74, 6) is 1.73. The van der Waals surface area contributed by atoms with Gasteiger partial charge < -0.3 is 15.4 Å². The smallest absolute Gasteiger partial charge is 0.191 e. The van der Waals surface area contributed by atoms with Gasteiger partial charge in [-0.2, -0.15) is 0 Å². The molecule has 0 spiro atoms. The van der Waals surface area contributed by atoms with Gasteiger partial charge in [0.1, 0.15) is 5.75 Å². The lowest BCUT2D eigenvalue weighted by atomic mass is 10.1. The Bertz CT molecular complexity index is 705. The molecule has 25 heavy (non-hydrogen) atoms. The number of aliphatic imine (C=N–C) groups is 1. The van der Waals surface area contributed by atoms with Crippen molar-refractivity contribution in [1.29, 1.82) is 0 Å². The standard InChI is InChI=1S/C19H28N4OS/c1-6-20-19(21-10-9-18-23-14(3)15(4)25-18)22-12-16-8-7-13(2)17(11-16)24-5/h7-8,11H,6,9-10,12H2,1-5H3,(H2,20,21,22). The van der Waals surface area contributed by atoms with Gasteiger partial charge in [0.15, 0.2) is 5.96 Å². The maximum atomic E-state index is 5.38. The molecule has 1 heterocycles. The van der Waals surface area contributed by atoms with Crippen molar-refractivity contribution < 1.29 is 4.74 Å². The van der Waals surface area contributed by atoms with Crippen molar-refractivity contribution in [2.24, 2.45) is 4.99 Å². The number of ether oxygens (including phenoxy) is 1. The summed E-state index contributed by atoms with van der Waals surface area (Å²) >= 11 is 1.77. The number of hydrogen-bond acceptors (Lipinski definition) is 4. The molecule has 0 amide bonds. The highest BCUT2D eigenvalue weighted by molar-refractivity contribution is 7.11. The molecule has 1 aromatic heterocycles. The van der Waals surface area contributed by atoms with E-state index in [9.17, 15) is 0 Å². The zero-order valence-corrected chi connectivity index (χ0v) is 16.6. The Hall–Kier alpha value is -2.08. The van der Waals surface area contributed by atoms with Crippen molar-refractivity contribution >= 4 is 17.3 Å². The van der Waals surface area contributed by atoms with Gasteiger partial charge in [0.05, 0.1) is 24.4 Å². The van der Waals surface area contributed by atoms with E-state index in [4.69, 9.17) is 4.74 Å². The number of aryl methyl sites for hydroxylation is 3. The summed E-state index contributed by atoms with van der Waals surface area (Å²) in [5, 5.41) is 7.84. The highest BCUT2D eigenvalue weighted by Gasteiger charge is 2.05. The van der Waals surface area contributed by atoms with E-state index >= 15 is 0 Å². The third-order valence-corrected chi connectivity index (χ3v) is 5.07. The van der Waals surface area contributed by atoms with E-state index in [0.717, 1.165) is 48.0 Å². The minimum absolute atomic E-state index is 0.613. The molecular weight excluding hydrogens is 332 g/mol. The summed E-state index contributed by atoms with van der Waals surface area (Å²) in [6.07, 6.45) is 0.905. The van der Waals surface area contributed by atoms with Crippen LogP contribution in [0.4, 0.5) is 0 Å². The van der Waals surface area contributed by atoms with Crippen LogP contribution in [0.5, 0.6) is 5.75 Å². The minimum Gasteiger partial charge on any atom is -0.496 e. The van der Waals surface area contributed by atoms with Gasteiger partial charge in [-0.25, -0.2) is 9.98 Å². The Balaban J connectivity index is 1.93. The molecule has 2 N–H and O–H groups in total. The van der Waals surface area contributed by atoms with Gasteiger partial charge in [-0.3, -0.25) is 0 Å². The SMILES string of the molecule is CCNC(=NCc1ccc(C)c(OC)c1)NCCc1nc(C)c(C)s1. The van der Waals surface area contributed by atoms with E-state index in [1.807, 2.05) is 13.0 Å². The van der Waals surface area contributed by atoms with Gasteiger partial charge in [0.25, 0.3) is 0 Å². The Kier molecular flexibility index (Phi) is 7.25. The van der Waals surface area contributed by atoms with E-state index < -0.39 is 0 Å². The van der Waals surface area contributed by atoms with Crippen molar-refractivity contribution in [3.63, 3.8) is 0 Å². The topological polar surface area (TPSA) is 58.5 Å². The third-order valence-electron chi connectivity index (χ3n) is 3.94. The molecule has 2 rings (SSSR count). The highest BCUT2D eigenvalue weighted by atomic mass is 32.1. The molecule has 5 nitrogen and oxygen atoms in total. The molecule has 0 bridgehead atoms. The second-order valence-electron chi connectivity index (χ2n) is 5.93. The number of thiazole rings is 1. The second-order valence-corrected chi connectivity index (χ2v) is 7.21. The molecule has 0 aliphatic carbocycles. The number of nitrogens with one attached hydrogen (secondary N) is 2. The van der Waals surface area contributed by atoms with E-state index in [-0.39, 0.29) is 0 Å². The quantitative estimate of drug-likeness (QED) is 0.587. The van der Waals surface area contributed by atoms with Crippen LogP contribution in [0.2, 0.25) is 0 Å². The maximum absolute atomic E-state index is 5.38. The van der Waals surface area contributed by atoms with Crippen LogP contribution in [0.15, 0.2) is 23.2 Å². The summed E-state index contributed by atoms with van der Waals surface area (Å²) in [6.45, 7) is 10.5. The van der Waals surface area contributed by atoms with E-state index in [1.54, 1.807) is 18.4 Å². The van der Waals surface area contributed by atoms with Gasteiger partial charge in [0.2, 0.25) is 0 Å². The number of nitrogens with zero attached hydrogens (tertiary/aromatic N) is 2. The van der Waals surface area contributed by atoms with Gasteiger partial charge in [0, 0.05) is 24.4 Å². The average molecular weight is 361 g/mol. The lowest BCUT2D eigenvalue weighted by Gasteiger charge is -2.11. The first-order chi connectivity index (χ1) is 12.0. The maximum Gasteiger partial charge on any atom is 0.191 e. The lowest BCUT2D eigenvalue weighted by molar-refractivity contribution is 0.411. The zero-order valence-electron chi connectivity index (χ0n) is 15.8. The molecule has 1 aromatic carbocycles. The highest BCUT2D eigenvalue weighted by Crippen LogP contribution is 2.19. The number of guanidine groups is 1. The predicted octanol–water partition coefficient (Wildman–Crippen LogP) is 3.37. The van der Waals surface area contributed by atoms with Crippen LogP contribution in [0.3, 0.4) is 0 Å². The largest absolute Gasteiger partial charge is 0.496 e. The van der Waals surface area contributed by atoms with Gasteiger partial charge >= 0.3 is 0 Å². The molecule has 0 saturated carbocycles. The summed E-state index contributed by atoms with van der Waals surface area (Å²) < 4.78 is 5.38. The lowest BCUT2D eigenvalue weighted by Crippen LogP contribution is -2.38. The molecule has 136 valence electrons. The van der Waals surface area contributed by atoms with E-state index in [2.05, 4.69) is 53.5 Å². The zero-order chi connectivity index (χ0) is 18.2. The van der Waals surface area contributed by atoms with E-state index in [1.165, 1.54) is 9.88 Å². The van der Waals surface area contributed by atoms with Crippen LogP contribution in [0.1, 0.15) is 33.6 Å². The molecule has 2 aromatic rings. The normalized spacial score (nSPS) is 11.5. The Morgan fingerprint density at radius 3 is 2.68 bits per heavy atom. The Morgan fingerprint density at radius 1 is 1.24 bits per heavy atom. The number of rotatable bonds is 7. The molecule has 0 aliphatic rings. The Labute approximate surface area is 154 Å². The van der Waals surface area contributed by atoms with Gasteiger partial charge in [-0.1, -0.05) is 12.1 Å². The number of aromatic nitrogens is 1. The van der Waals surface area contributed by atoms with Crippen molar-refractivity contribution in [1.82, 2.24) is 15.6 Å². The molecule has 0 saturated heterocycles. The van der Waals surface area contributed by atoms with Crippen molar-refractivity contribution in [3.05, 3.63) is 44.9 Å². The first-order valence-electron chi connectivity index (χ1n) is 8.62. The van der Waals surface area contributed by atoms with Crippen LogP contribution in [-0.2, 0) is 13.0 Å². The first-order valence-corrected chi connectivity index (χ1v) is 9.43. The molecule has 0 atom stereocenters. The fourth-order valence-electron chi connectivity index (χ4n) is 2.41. The fourth-order valence-corrected chi connectivity index (χ4v) is 3.34. The molecular formula is C19H28N4OS. The van der Waals surface area contributed by atoms with Gasteiger partial charge in [-0.05, 0) is 44.9 Å². The first kappa shape index (κ1) is 19.2. The van der Waals surface area contributed by atoms with Crippen LogP contribution in [0.25, 0.3) is 0 Å². The Morgan fingerprint density at radius 2 is 2.04 bits per heavy atom. The van der Waals surface area contributed by atoms with Crippen LogP contribution >= 0.6 is 11.3 Å². The third kappa shape index (κ3) is 5.74. The molecule has 0 fully saturated rings. The second kappa shape index (κ2) is 9.42. The summed E-state index contributed by atoms with van der Waals surface area (Å²) in [7, 11) is 1.70. The molecule has 0 aliphatic heterocycles. The number of hydrogen-bond donors (Lipinski definition) is 2. The number of benzene rings is 1.